The van der Waals surface area contributed by atoms with E-state index in [4.69, 9.17) is 4.42 Å². The summed E-state index contributed by atoms with van der Waals surface area (Å²) in [6, 6.07) is 17.2. The van der Waals surface area contributed by atoms with Crippen molar-refractivity contribution in [1.82, 2.24) is 20.2 Å². The standard InChI is InChI=1S/C21H17N5O2S/c1-12-6-5-7-14(10-12)20-25-26-21(28-20)29-13(2)18(27)15(11-22)19-23-16-8-3-4-9-17(16)24-19/h3-10,13,27H,1-2H3,(H,23,24)/b18-15-/t13-/m0/s1. The third-order valence-corrected chi connectivity index (χ3v) is 5.27. The molecule has 2 aromatic heterocycles. The van der Waals surface area contributed by atoms with Gasteiger partial charge in [0.25, 0.3) is 5.22 Å². The van der Waals surface area contributed by atoms with Gasteiger partial charge in [0.1, 0.15) is 17.4 Å². The number of thioether (sulfide) groups is 1. The van der Waals surface area contributed by atoms with Crippen LogP contribution in [-0.2, 0) is 0 Å². The highest BCUT2D eigenvalue weighted by Gasteiger charge is 2.21. The van der Waals surface area contributed by atoms with E-state index in [1.807, 2.05) is 61.5 Å². The number of aromatic amines is 1. The molecule has 0 fully saturated rings. The van der Waals surface area contributed by atoms with Gasteiger partial charge in [0.15, 0.2) is 5.82 Å². The van der Waals surface area contributed by atoms with Crippen molar-refractivity contribution in [2.75, 3.05) is 0 Å². The molecule has 2 N–H and O–H groups in total. The van der Waals surface area contributed by atoms with Gasteiger partial charge in [-0.05, 0) is 38.1 Å². The molecule has 0 spiro atoms. The van der Waals surface area contributed by atoms with Crippen LogP contribution in [0.25, 0.3) is 28.1 Å². The van der Waals surface area contributed by atoms with E-state index in [1.165, 1.54) is 11.8 Å². The molecule has 0 saturated carbocycles. The van der Waals surface area contributed by atoms with E-state index in [0.29, 0.717) is 16.9 Å². The van der Waals surface area contributed by atoms with Crippen LogP contribution in [0.15, 0.2) is 63.9 Å². The highest BCUT2D eigenvalue weighted by atomic mass is 32.2. The summed E-state index contributed by atoms with van der Waals surface area (Å²) in [5.41, 5.74) is 3.52. The minimum atomic E-state index is -0.483. The van der Waals surface area contributed by atoms with Crippen LogP contribution in [-0.4, -0.2) is 30.5 Å². The number of aliphatic hydroxyl groups is 1. The first kappa shape index (κ1) is 18.8. The van der Waals surface area contributed by atoms with Gasteiger partial charge in [-0.1, -0.05) is 41.6 Å². The first-order valence-corrected chi connectivity index (χ1v) is 9.78. The van der Waals surface area contributed by atoms with Gasteiger partial charge in [0, 0.05) is 5.56 Å². The van der Waals surface area contributed by atoms with Crippen LogP contribution in [0.5, 0.6) is 0 Å². The first-order valence-electron chi connectivity index (χ1n) is 8.90. The maximum absolute atomic E-state index is 10.7. The molecule has 0 aliphatic heterocycles. The lowest BCUT2D eigenvalue weighted by molar-refractivity contribution is 0.399. The number of imidazole rings is 1. The summed E-state index contributed by atoms with van der Waals surface area (Å²) in [7, 11) is 0. The van der Waals surface area contributed by atoms with Crippen molar-refractivity contribution in [3.63, 3.8) is 0 Å². The summed E-state index contributed by atoms with van der Waals surface area (Å²) < 4.78 is 5.71. The lowest BCUT2D eigenvalue weighted by atomic mass is 10.1. The third-order valence-electron chi connectivity index (χ3n) is 4.33. The quantitative estimate of drug-likeness (QED) is 0.277. The number of nitrogens with zero attached hydrogens (tertiary/aromatic N) is 4. The number of rotatable bonds is 5. The molecule has 8 heteroatoms. The summed E-state index contributed by atoms with van der Waals surface area (Å²) in [5.74, 6) is 0.626. The zero-order valence-corrected chi connectivity index (χ0v) is 16.6. The van der Waals surface area contributed by atoms with Crippen molar-refractivity contribution >= 4 is 28.4 Å². The van der Waals surface area contributed by atoms with Crippen molar-refractivity contribution in [2.24, 2.45) is 0 Å². The lowest BCUT2D eigenvalue weighted by Crippen LogP contribution is -2.04. The topological polar surface area (TPSA) is 112 Å². The van der Waals surface area contributed by atoms with Gasteiger partial charge in [-0.15, -0.1) is 10.2 Å². The number of H-pyrrole nitrogens is 1. The minimum absolute atomic E-state index is 0.0830. The van der Waals surface area contributed by atoms with Gasteiger partial charge in [-0.25, -0.2) is 4.98 Å². The summed E-state index contributed by atoms with van der Waals surface area (Å²) >= 11 is 1.18. The maximum Gasteiger partial charge on any atom is 0.277 e. The molecule has 0 amide bonds. The van der Waals surface area contributed by atoms with Crippen molar-refractivity contribution in [3.8, 4) is 17.5 Å². The zero-order valence-electron chi connectivity index (χ0n) is 15.7. The van der Waals surface area contributed by atoms with Crippen molar-refractivity contribution in [1.29, 1.82) is 5.26 Å². The molecule has 7 nitrogen and oxygen atoms in total. The van der Waals surface area contributed by atoms with Gasteiger partial charge in [0.2, 0.25) is 5.89 Å². The van der Waals surface area contributed by atoms with E-state index in [2.05, 4.69) is 20.2 Å². The molecule has 0 radical (unpaired) electrons. The number of allylic oxidation sites excluding steroid dienone is 1. The van der Waals surface area contributed by atoms with Crippen LogP contribution in [0.3, 0.4) is 0 Å². The van der Waals surface area contributed by atoms with E-state index in [1.54, 1.807) is 6.92 Å². The molecule has 0 saturated heterocycles. The number of fused-ring (bicyclic) bond motifs is 1. The Morgan fingerprint density at radius 1 is 1.21 bits per heavy atom. The predicted molar refractivity (Wildman–Crippen MR) is 111 cm³/mol. The Balaban J connectivity index is 1.58. The van der Waals surface area contributed by atoms with Crippen LogP contribution < -0.4 is 0 Å². The van der Waals surface area contributed by atoms with Gasteiger partial charge < -0.3 is 14.5 Å². The summed E-state index contributed by atoms with van der Waals surface area (Å²) in [4.78, 5) is 7.45. The van der Waals surface area contributed by atoms with Gasteiger partial charge in [0.05, 0.1) is 16.3 Å². The predicted octanol–water partition coefficient (Wildman–Crippen LogP) is 4.89. The summed E-state index contributed by atoms with van der Waals surface area (Å²) in [6.45, 7) is 3.75. The number of hydrogen-bond acceptors (Lipinski definition) is 7. The Morgan fingerprint density at radius 3 is 2.79 bits per heavy atom. The molecule has 0 bridgehead atoms. The number of hydrogen-bond donors (Lipinski definition) is 2. The summed E-state index contributed by atoms with van der Waals surface area (Å²) in [5, 5.41) is 28.2. The van der Waals surface area contributed by atoms with E-state index >= 15 is 0 Å². The lowest BCUT2D eigenvalue weighted by Gasteiger charge is -2.08. The normalized spacial score (nSPS) is 13.1. The van der Waals surface area contributed by atoms with Gasteiger partial charge in [-0.2, -0.15) is 5.26 Å². The number of aromatic nitrogens is 4. The van der Waals surface area contributed by atoms with E-state index in [9.17, 15) is 10.4 Å². The Hall–Kier alpha value is -3.57. The highest BCUT2D eigenvalue weighted by molar-refractivity contribution is 7.99. The fraction of sp³-hybridized carbons (Fsp3) is 0.143. The average Bonchev–Trinajstić information content (AvgIpc) is 3.35. The number of nitrogens with one attached hydrogen (secondary N) is 1. The second kappa shape index (κ2) is 7.81. The molecule has 4 aromatic rings. The van der Waals surface area contributed by atoms with Crippen molar-refractivity contribution < 1.29 is 9.52 Å². The SMILES string of the molecule is Cc1cccc(-c2nnc(S[C@@H](C)/C(O)=C(\C#N)c3nc4ccccc4[nH]3)o2)c1. The molecule has 29 heavy (non-hydrogen) atoms. The van der Waals surface area contributed by atoms with Gasteiger partial charge >= 0.3 is 0 Å². The number of aliphatic hydroxyl groups excluding tert-OH is 1. The van der Waals surface area contributed by atoms with Crippen molar-refractivity contribution in [2.45, 2.75) is 24.3 Å². The number of aryl methyl sites for hydroxylation is 1. The smallest absolute Gasteiger partial charge is 0.277 e. The zero-order chi connectivity index (χ0) is 20.4. The highest BCUT2D eigenvalue weighted by Crippen LogP contribution is 2.31. The fourth-order valence-corrected chi connectivity index (χ4v) is 3.61. The number of nitriles is 1. The third kappa shape index (κ3) is 3.86. The van der Waals surface area contributed by atoms with E-state index < -0.39 is 5.25 Å². The van der Waals surface area contributed by atoms with Crippen LogP contribution in [0.2, 0.25) is 0 Å². The average molecular weight is 403 g/mol. The second-order valence-corrected chi connectivity index (χ2v) is 7.77. The van der Waals surface area contributed by atoms with Crippen LogP contribution in [0.1, 0.15) is 18.3 Å². The van der Waals surface area contributed by atoms with Crippen LogP contribution >= 0.6 is 11.8 Å². The minimum Gasteiger partial charge on any atom is -0.510 e. The molecule has 144 valence electrons. The van der Waals surface area contributed by atoms with E-state index in [-0.39, 0.29) is 11.3 Å². The number of para-hydroxylation sites is 2. The van der Waals surface area contributed by atoms with Crippen molar-refractivity contribution in [3.05, 3.63) is 65.7 Å². The summed E-state index contributed by atoms with van der Waals surface area (Å²) in [6.07, 6.45) is 0. The molecular formula is C21H17N5O2S. The molecule has 0 unspecified atom stereocenters. The molecular weight excluding hydrogens is 386 g/mol. The first-order chi connectivity index (χ1) is 14.0. The van der Waals surface area contributed by atoms with Crippen LogP contribution in [0, 0.1) is 18.3 Å². The Morgan fingerprint density at radius 2 is 2.03 bits per heavy atom. The Bertz CT molecular complexity index is 1220. The van der Waals surface area contributed by atoms with Gasteiger partial charge in [-0.3, -0.25) is 0 Å². The fourth-order valence-electron chi connectivity index (χ4n) is 2.87. The molecule has 0 aliphatic rings. The van der Waals surface area contributed by atoms with Crippen LogP contribution in [0.4, 0.5) is 0 Å². The molecule has 1 atom stereocenters. The second-order valence-electron chi connectivity index (χ2n) is 6.48. The Kier molecular flexibility index (Phi) is 5.06. The molecule has 2 heterocycles. The van der Waals surface area contributed by atoms with E-state index in [0.717, 1.165) is 22.2 Å². The Labute approximate surface area is 171 Å². The maximum atomic E-state index is 10.7. The molecule has 0 aliphatic carbocycles. The largest absolute Gasteiger partial charge is 0.510 e. The monoisotopic (exact) mass is 403 g/mol. The number of benzene rings is 2. The molecule has 4 rings (SSSR count). The molecule has 2 aromatic carbocycles.